The minimum atomic E-state index is -3.37. The molecule has 3 aromatic carbocycles. The van der Waals surface area contributed by atoms with Crippen molar-refractivity contribution in [1.82, 2.24) is 4.90 Å². The van der Waals surface area contributed by atoms with Gasteiger partial charge in [-0.1, -0.05) is 78.9 Å². The molecule has 4 rings (SSSR count). The van der Waals surface area contributed by atoms with Crippen LogP contribution in [0.1, 0.15) is 27.2 Å². The van der Waals surface area contributed by atoms with E-state index in [-0.39, 0.29) is 17.4 Å². The molecule has 5 nitrogen and oxygen atoms in total. The number of furan rings is 1. The molecule has 0 radical (unpaired) electrons. The van der Waals surface area contributed by atoms with E-state index in [1.807, 2.05) is 66.7 Å². The lowest BCUT2D eigenvalue weighted by Crippen LogP contribution is -2.33. The summed E-state index contributed by atoms with van der Waals surface area (Å²) in [5, 5.41) is 0.656. The SMILES string of the molecule is CS(=O)(=O)Cc1c(C(=O)N(CCc2ccccc2)Cc2ccccc2)oc2ccccc12. The summed E-state index contributed by atoms with van der Waals surface area (Å²) in [5.74, 6) is -0.455. The number of carbonyl (C=O) groups excluding carboxylic acids is 1. The highest BCUT2D eigenvalue weighted by Gasteiger charge is 2.27. The van der Waals surface area contributed by atoms with Gasteiger partial charge >= 0.3 is 0 Å². The fourth-order valence-corrected chi connectivity index (χ4v) is 4.60. The zero-order valence-electron chi connectivity index (χ0n) is 17.9. The first-order chi connectivity index (χ1) is 15.4. The summed E-state index contributed by atoms with van der Waals surface area (Å²) in [4.78, 5) is 15.4. The van der Waals surface area contributed by atoms with Crippen LogP contribution in [0.3, 0.4) is 0 Å². The number of rotatable bonds is 8. The van der Waals surface area contributed by atoms with Crippen LogP contribution < -0.4 is 0 Å². The van der Waals surface area contributed by atoms with Crippen molar-refractivity contribution in [3.8, 4) is 0 Å². The van der Waals surface area contributed by atoms with Crippen molar-refractivity contribution < 1.29 is 17.6 Å². The number of amides is 1. The molecule has 0 fully saturated rings. The molecule has 4 aromatic rings. The van der Waals surface area contributed by atoms with E-state index in [9.17, 15) is 13.2 Å². The summed E-state index contributed by atoms with van der Waals surface area (Å²) in [6.07, 6.45) is 1.85. The van der Waals surface area contributed by atoms with Gasteiger partial charge in [-0.3, -0.25) is 4.79 Å². The Labute approximate surface area is 188 Å². The maximum absolute atomic E-state index is 13.7. The molecule has 6 heteroatoms. The van der Waals surface area contributed by atoms with Crippen LogP contribution in [0.4, 0.5) is 0 Å². The highest BCUT2D eigenvalue weighted by atomic mass is 32.2. The lowest BCUT2D eigenvalue weighted by Gasteiger charge is -2.22. The fourth-order valence-electron chi connectivity index (χ4n) is 3.79. The average molecular weight is 448 g/mol. The maximum atomic E-state index is 13.7. The van der Waals surface area contributed by atoms with Crippen LogP contribution in [0.2, 0.25) is 0 Å². The topological polar surface area (TPSA) is 67.6 Å². The smallest absolute Gasteiger partial charge is 0.290 e. The number of para-hydroxylation sites is 1. The molecule has 0 aliphatic heterocycles. The molecule has 0 atom stereocenters. The van der Waals surface area contributed by atoms with Crippen LogP contribution in [-0.2, 0) is 28.6 Å². The quantitative estimate of drug-likeness (QED) is 0.387. The summed E-state index contributed by atoms with van der Waals surface area (Å²) in [5.41, 5.74) is 3.05. The largest absolute Gasteiger partial charge is 0.451 e. The summed E-state index contributed by atoms with van der Waals surface area (Å²) in [6, 6.07) is 26.9. The van der Waals surface area contributed by atoms with Gasteiger partial charge in [-0.25, -0.2) is 8.42 Å². The van der Waals surface area contributed by atoms with Crippen molar-refractivity contribution in [2.24, 2.45) is 0 Å². The molecule has 0 bridgehead atoms. The monoisotopic (exact) mass is 447 g/mol. The second kappa shape index (κ2) is 9.40. The van der Waals surface area contributed by atoms with Gasteiger partial charge in [-0.15, -0.1) is 0 Å². The first-order valence-corrected chi connectivity index (χ1v) is 12.5. The van der Waals surface area contributed by atoms with Gasteiger partial charge in [-0.05, 0) is 23.6 Å². The third kappa shape index (κ3) is 5.26. The third-order valence-corrected chi connectivity index (χ3v) is 6.13. The first kappa shape index (κ1) is 21.8. The predicted molar refractivity (Wildman–Crippen MR) is 126 cm³/mol. The number of sulfone groups is 1. The van der Waals surface area contributed by atoms with Crippen LogP contribution in [0, 0.1) is 0 Å². The van der Waals surface area contributed by atoms with Gasteiger partial charge < -0.3 is 9.32 Å². The summed E-state index contributed by atoms with van der Waals surface area (Å²) >= 11 is 0. The molecule has 0 aliphatic carbocycles. The van der Waals surface area contributed by atoms with E-state index in [1.54, 1.807) is 23.1 Å². The molecule has 32 heavy (non-hydrogen) atoms. The summed E-state index contributed by atoms with van der Waals surface area (Å²) in [6.45, 7) is 0.884. The lowest BCUT2D eigenvalue weighted by atomic mass is 10.1. The van der Waals surface area contributed by atoms with E-state index in [0.717, 1.165) is 11.1 Å². The van der Waals surface area contributed by atoms with Gasteiger partial charge in [0.25, 0.3) is 5.91 Å². The van der Waals surface area contributed by atoms with Crippen molar-refractivity contribution in [2.75, 3.05) is 12.8 Å². The van der Waals surface area contributed by atoms with Gasteiger partial charge in [0.1, 0.15) is 5.58 Å². The van der Waals surface area contributed by atoms with Crippen molar-refractivity contribution in [3.63, 3.8) is 0 Å². The Bertz CT molecular complexity index is 1310. The average Bonchev–Trinajstić information content (AvgIpc) is 3.14. The van der Waals surface area contributed by atoms with Crippen LogP contribution in [0.5, 0.6) is 0 Å². The molecule has 164 valence electrons. The van der Waals surface area contributed by atoms with Crippen LogP contribution in [0.25, 0.3) is 11.0 Å². The van der Waals surface area contributed by atoms with Gasteiger partial charge in [0.2, 0.25) is 0 Å². The normalized spacial score (nSPS) is 11.5. The Morgan fingerprint density at radius 1 is 0.844 bits per heavy atom. The van der Waals surface area contributed by atoms with Crippen molar-refractivity contribution in [2.45, 2.75) is 18.7 Å². The van der Waals surface area contributed by atoms with Crippen molar-refractivity contribution >= 4 is 26.7 Å². The molecule has 1 aromatic heterocycles. The maximum Gasteiger partial charge on any atom is 0.290 e. The zero-order valence-corrected chi connectivity index (χ0v) is 18.7. The predicted octanol–water partition coefficient (Wildman–Crippen LogP) is 4.86. The number of hydrogen-bond acceptors (Lipinski definition) is 4. The highest BCUT2D eigenvalue weighted by Crippen LogP contribution is 2.29. The minimum absolute atomic E-state index is 0.0978. The van der Waals surface area contributed by atoms with E-state index in [2.05, 4.69) is 0 Å². The molecular weight excluding hydrogens is 422 g/mol. The number of carbonyl (C=O) groups is 1. The number of fused-ring (bicyclic) bond motifs is 1. The molecule has 0 saturated heterocycles. The second-order valence-electron chi connectivity index (χ2n) is 7.92. The van der Waals surface area contributed by atoms with E-state index in [4.69, 9.17) is 4.42 Å². The summed E-state index contributed by atoms with van der Waals surface area (Å²) < 4.78 is 30.2. The van der Waals surface area contributed by atoms with Crippen LogP contribution in [-0.4, -0.2) is 32.0 Å². The molecular formula is C26H25NO4S. The van der Waals surface area contributed by atoms with Crippen LogP contribution in [0.15, 0.2) is 89.3 Å². The molecule has 0 spiro atoms. The molecule has 1 heterocycles. The summed E-state index contributed by atoms with van der Waals surface area (Å²) in [7, 11) is -3.37. The van der Waals surface area contributed by atoms with E-state index < -0.39 is 9.84 Å². The van der Waals surface area contributed by atoms with Crippen molar-refractivity contribution in [3.05, 3.63) is 107 Å². The van der Waals surface area contributed by atoms with E-state index in [1.165, 1.54) is 6.26 Å². The fraction of sp³-hybridized carbons (Fsp3) is 0.192. The van der Waals surface area contributed by atoms with Gasteiger partial charge in [0, 0.05) is 30.3 Å². The Morgan fingerprint density at radius 2 is 1.44 bits per heavy atom. The van der Waals surface area contributed by atoms with Crippen LogP contribution >= 0.6 is 0 Å². The highest BCUT2D eigenvalue weighted by molar-refractivity contribution is 7.89. The Morgan fingerprint density at radius 3 is 2.09 bits per heavy atom. The third-order valence-electron chi connectivity index (χ3n) is 5.32. The van der Waals surface area contributed by atoms with Gasteiger partial charge in [0.05, 0.1) is 5.75 Å². The number of hydrogen-bond donors (Lipinski definition) is 0. The van der Waals surface area contributed by atoms with Crippen molar-refractivity contribution in [1.29, 1.82) is 0 Å². The lowest BCUT2D eigenvalue weighted by molar-refractivity contribution is 0.0714. The minimum Gasteiger partial charge on any atom is -0.451 e. The molecule has 0 saturated carbocycles. The second-order valence-corrected chi connectivity index (χ2v) is 10.1. The number of benzene rings is 3. The molecule has 0 unspecified atom stereocenters. The van der Waals surface area contributed by atoms with E-state index in [0.29, 0.717) is 36.0 Å². The molecule has 1 amide bonds. The Kier molecular flexibility index (Phi) is 6.42. The zero-order chi connectivity index (χ0) is 22.6. The molecule has 0 aliphatic rings. The Hall–Kier alpha value is -3.38. The van der Waals surface area contributed by atoms with Gasteiger partial charge in [-0.2, -0.15) is 0 Å². The number of nitrogens with zero attached hydrogens (tertiary/aromatic N) is 1. The Balaban J connectivity index is 1.71. The first-order valence-electron chi connectivity index (χ1n) is 10.5. The molecule has 0 N–H and O–H groups in total. The standard InChI is InChI=1S/C26H25NO4S/c1-32(29,30)19-23-22-14-8-9-15-24(22)31-25(23)26(28)27(18-21-12-6-3-7-13-21)17-16-20-10-4-2-5-11-20/h2-15H,16-19H2,1H3. The van der Waals surface area contributed by atoms with Gasteiger partial charge in [0.15, 0.2) is 15.6 Å². The van der Waals surface area contributed by atoms with E-state index >= 15 is 0 Å².